The fraction of sp³-hybridized carbons (Fsp3) is 0.316. The molecule has 0 saturated carbocycles. The van der Waals surface area contributed by atoms with Gasteiger partial charge >= 0.3 is 0 Å². The summed E-state index contributed by atoms with van der Waals surface area (Å²) < 4.78 is 5.40. The maximum atomic E-state index is 12.2. The van der Waals surface area contributed by atoms with E-state index in [1.807, 2.05) is 50.4 Å². The molecule has 4 heteroatoms. The van der Waals surface area contributed by atoms with E-state index in [-0.39, 0.29) is 5.91 Å². The molecule has 4 nitrogen and oxygen atoms in total. The van der Waals surface area contributed by atoms with E-state index in [1.165, 1.54) is 11.1 Å². The molecule has 2 aromatic carbocycles. The van der Waals surface area contributed by atoms with Crippen LogP contribution in [-0.4, -0.2) is 26.6 Å². The Labute approximate surface area is 138 Å². The average molecular weight is 313 g/mol. The molecule has 0 radical (unpaired) electrons. The number of carbonyl (C=O) groups is 1. The van der Waals surface area contributed by atoms with Crippen molar-refractivity contribution in [2.24, 2.45) is 0 Å². The zero-order valence-corrected chi connectivity index (χ0v) is 14.3. The number of likely N-dealkylation sites (N-methyl/N-ethyl adjacent to an activating group) is 1. The molecule has 0 heterocycles. The van der Waals surface area contributed by atoms with Crippen molar-refractivity contribution in [3.8, 4) is 5.75 Å². The van der Waals surface area contributed by atoms with E-state index in [0.29, 0.717) is 6.54 Å². The number of benzene rings is 2. The first kappa shape index (κ1) is 17.0. The number of ether oxygens (including phenoxy) is 1. The minimum Gasteiger partial charge on any atom is -0.496 e. The Balaban J connectivity index is 1.93. The van der Waals surface area contributed by atoms with Gasteiger partial charge in [0.05, 0.1) is 14.2 Å². The highest BCUT2D eigenvalue weighted by Gasteiger charge is 2.13. The van der Waals surface area contributed by atoms with Crippen molar-refractivity contribution >= 4 is 11.6 Å². The lowest BCUT2D eigenvalue weighted by molar-refractivity contribution is -0.885. The van der Waals surface area contributed by atoms with Crippen molar-refractivity contribution in [3.63, 3.8) is 0 Å². The third-order valence-corrected chi connectivity index (χ3v) is 3.73. The molecule has 0 bridgehead atoms. The van der Waals surface area contributed by atoms with Crippen LogP contribution in [0.4, 0.5) is 5.69 Å². The number of nitrogens with one attached hydrogen (secondary N) is 2. The molecule has 122 valence electrons. The van der Waals surface area contributed by atoms with Crippen LogP contribution in [0.15, 0.2) is 42.5 Å². The van der Waals surface area contributed by atoms with Gasteiger partial charge in [-0.2, -0.15) is 0 Å². The van der Waals surface area contributed by atoms with Crippen molar-refractivity contribution in [1.29, 1.82) is 0 Å². The molecule has 0 fully saturated rings. The number of rotatable bonds is 6. The number of anilines is 1. The number of aryl methyl sites for hydroxylation is 2. The Kier molecular flexibility index (Phi) is 5.77. The maximum absolute atomic E-state index is 12.2. The summed E-state index contributed by atoms with van der Waals surface area (Å²) in [6, 6.07) is 13.9. The van der Waals surface area contributed by atoms with Gasteiger partial charge in [0.15, 0.2) is 6.54 Å². The molecule has 0 aliphatic carbocycles. The molecule has 2 rings (SSSR count). The van der Waals surface area contributed by atoms with Gasteiger partial charge in [0.25, 0.3) is 5.91 Å². The Morgan fingerprint density at radius 3 is 2.39 bits per heavy atom. The summed E-state index contributed by atoms with van der Waals surface area (Å²) in [7, 11) is 3.68. The normalized spacial score (nSPS) is 11.8. The van der Waals surface area contributed by atoms with Crippen LogP contribution in [0.5, 0.6) is 5.75 Å². The molecule has 23 heavy (non-hydrogen) atoms. The first-order chi connectivity index (χ1) is 11.0. The summed E-state index contributed by atoms with van der Waals surface area (Å²) in [6.07, 6.45) is 0. The number of methoxy groups -OCH3 is 1. The van der Waals surface area contributed by atoms with Crippen LogP contribution < -0.4 is 15.0 Å². The number of hydrogen-bond donors (Lipinski definition) is 2. The third kappa shape index (κ3) is 5.11. The molecular formula is C19H25N2O2+. The number of carbonyl (C=O) groups excluding carboxylic acids is 1. The highest BCUT2D eigenvalue weighted by atomic mass is 16.5. The van der Waals surface area contributed by atoms with Crippen molar-refractivity contribution in [2.75, 3.05) is 26.0 Å². The first-order valence-corrected chi connectivity index (χ1v) is 7.79. The predicted octanol–water partition coefficient (Wildman–Crippen LogP) is 1.97. The SMILES string of the molecule is COc1ccc(C)cc1C[NH+](C)CC(=O)Nc1ccc(C)cc1. The fourth-order valence-electron chi connectivity index (χ4n) is 2.55. The minimum absolute atomic E-state index is 0.0120. The average Bonchev–Trinajstić information content (AvgIpc) is 2.49. The van der Waals surface area contributed by atoms with Crippen molar-refractivity contribution in [3.05, 3.63) is 59.2 Å². The van der Waals surface area contributed by atoms with Gasteiger partial charge in [-0.05, 0) is 38.1 Å². The Morgan fingerprint density at radius 1 is 1.09 bits per heavy atom. The van der Waals surface area contributed by atoms with Crippen LogP contribution in [0.2, 0.25) is 0 Å². The van der Waals surface area contributed by atoms with E-state index >= 15 is 0 Å². The van der Waals surface area contributed by atoms with Gasteiger partial charge < -0.3 is 15.0 Å². The molecule has 1 amide bonds. The van der Waals surface area contributed by atoms with Crippen molar-refractivity contribution < 1.29 is 14.4 Å². The second-order valence-electron chi connectivity index (χ2n) is 6.04. The van der Waals surface area contributed by atoms with Gasteiger partial charge in [0.2, 0.25) is 0 Å². The van der Waals surface area contributed by atoms with E-state index in [0.717, 1.165) is 28.4 Å². The van der Waals surface area contributed by atoms with Crippen LogP contribution in [0.25, 0.3) is 0 Å². The van der Waals surface area contributed by atoms with Crippen LogP contribution in [0, 0.1) is 13.8 Å². The van der Waals surface area contributed by atoms with E-state index in [9.17, 15) is 4.79 Å². The zero-order chi connectivity index (χ0) is 16.8. The lowest BCUT2D eigenvalue weighted by atomic mass is 10.1. The van der Waals surface area contributed by atoms with Crippen molar-refractivity contribution in [1.82, 2.24) is 0 Å². The Bertz CT molecular complexity index is 666. The molecule has 2 aromatic rings. The molecule has 0 aromatic heterocycles. The standard InChI is InChI=1S/C19H24N2O2/c1-14-5-8-17(9-6-14)20-19(22)13-21(3)12-16-11-15(2)7-10-18(16)23-4/h5-11H,12-13H2,1-4H3,(H,20,22)/p+1. The van der Waals surface area contributed by atoms with Gasteiger partial charge in [0.1, 0.15) is 12.3 Å². The van der Waals surface area contributed by atoms with Gasteiger partial charge in [-0.15, -0.1) is 0 Å². The number of quaternary nitrogens is 1. The van der Waals surface area contributed by atoms with E-state index < -0.39 is 0 Å². The Hall–Kier alpha value is -2.33. The fourth-order valence-corrected chi connectivity index (χ4v) is 2.55. The molecule has 2 N–H and O–H groups in total. The second kappa shape index (κ2) is 7.79. The minimum atomic E-state index is 0.0120. The largest absolute Gasteiger partial charge is 0.496 e. The van der Waals surface area contributed by atoms with E-state index in [4.69, 9.17) is 4.74 Å². The summed E-state index contributed by atoms with van der Waals surface area (Å²) in [5, 5.41) is 2.93. The predicted molar refractivity (Wildman–Crippen MR) is 93.0 cm³/mol. The molecule has 0 aliphatic heterocycles. The van der Waals surface area contributed by atoms with Crippen LogP contribution in [0.3, 0.4) is 0 Å². The summed E-state index contributed by atoms with van der Waals surface area (Å²) in [4.78, 5) is 13.3. The van der Waals surface area contributed by atoms with Gasteiger partial charge in [-0.3, -0.25) is 4.79 Å². The second-order valence-corrected chi connectivity index (χ2v) is 6.04. The van der Waals surface area contributed by atoms with Gasteiger partial charge in [0, 0.05) is 11.3 Å². The molecule has 0 saturated heterocycles. The monoisotopic (exact) mass is 313 g/mol. The summed E-state index contributed by atoms with van der Waals surface area (Å²) in [5.74, 6) is 0.881. The molecule has 1 atom stereocenters. The quantitative estimate of drug-likeness (QED) is 0.856. The van der Waals surface area contributed by atoms with Gasteiger partial charge in [-0.25, -0.2) is 0 Å². The number of amides is 1. The zero-order valence-electron chi connectivity index (χ0n) is 14.3. The van der Waals surface area contributed by atoms with E-state index in [1.54, 1.807) is 7.11 Å². The smallest absolute Gasteiger partial charge is 0.279 e. The first-order valence-electron chi connectivity index (χ1n) is 7.79. The van der Waals surface area contributed by atoms with Gasteiger partial charge in [-0.1, -0.05) is 29.3 Å². The third-order valence-electron chi connectivity index (χ3n) is 3.73. The summed E-state index contributed by atoms with van der Waals surface area (Å²) in [5.41, 5.74) is 4.32. The summed E-state index contributed by atoms with van der Waals surface area (Å²) in [6.45, 7) is 5.23. The van der Waals surface area contributed by atoms with E-state index in [2.05, 4.69) is 18.3 Å². The molecule has 0 spiro atoms. The van der Waals surface area contributed by atoms with Crippen LogP contribution in [0.1, 0.15) is 16.7 Å². The number of hydrogen-bond acceptors (Lipinski definition) is 2. The lowest BCUT2D eigenvalue weighted by Crippen LogP contribution is -3.08. The molecule has 0 aliphatic rings. The van der Waals surface area contributed by atoms with Crippen LogP contribution in [-0.2, 0) is 11.3 Å². The lowest BCUT2D eigenvalue weighted by Gasteiger charge is -2.16. The maximum Gasteiger partial charge on any atom is 0.279 e. The topological polar surface area (TPSA) is 42.8 Å². The van der Waals surface area contributed by atoms with Crippen LogP contribution >= 0.6 is 0 Å². The highest BCUT2D eigenvalue weighted by Crippen LogP contribution is 2.18. The molecular weight excluding hydrogens is 288 g/mol. The molecule has 1 unspecified atom stereocenters. The highest BCUT2D eigenvalue weighted by molar-refractivity contribution is 5.91. The van der Waals surface area contributed by atoms with Crippen molar-refractivity contribution in [2.45, 2.75) is 20.4 Å². The Morgan fingerprint density at radius 2 is 1.74 bits per heavy atom. The summed E-state index contributed by atoms with van der Waals surface area (Å²) >= 11 is 0.